The fraction of sp³-hybridized carbons (Fsp3) is 0.100. The molecule has 3 rings (SSSR count). The molecule has 0 aliphatic heterocycles. The third-order valence-electron chi connectivity index (χ3n) is 2.41. The van der Waals surface area contributed by atoms with Crippen LogP contribution >= 0.6 is 0 Å². The van der Waals surface area contributed by atoms with Crippen LogP contribution in [-0.2, 0) is 0 Å². The van der Waals surface area contributed by atoms with Gasteiger partial charge in [-0.05, 0) is 6.07 Å². The lowest BCUT2D eigenvalue weighted by atomic mass is 10.4. The first-order valence-corrected chi connectivity index (χ1v) is 4.68. The van der Waals surface area contributed by atoms with Gasteiger partial charge in [-0.1, -0.05) is 0 Å². The van der Waals surface area contributed by atoms with Crippen molar-refractivity contribution in [1.82, 2.24) is 19.4 Å². The SMILES string of the molecule is COc1ccc2[nH]c(=O)c3cncn3c2n1. The van der Waals surface area contributed by atoms with E-state index in [2.05, 4.69) is 15.0 Å². The number of pyridine rings is 1. The summed E-state index contributed by atoms with van der Waals surface area (Å²) in [7, 11) is 1.55. The van der Waals surface area contributed by atoms with E-state index in [4.69, 9.17) is 4.74 Å². The summed E-state index contributed by atoms with van der Waals surface area (Å²) in [6.07, 6.45) is 3.05. The number of aromatic amines is 1. The highest BCUT2D eigenvalue weighted by molar-refractivity contribution is 5.74. The van der Waals surface area contributed by atoms with Crippen LogP contribution < -0.4 is 10.3 Å². The van der Waals surface area contributed by atoms with Crippen molar-refractivity contribution in [2.45, 2.75) is 0 Å². The molecule has 6 nitrogen and oxygen atoms in total. The Balaban J connectivity index is 2.55. The van der Waals surface area contributed by atoms with Crippen molar-refractivity contribution >= 4 is 16.7 Å². The lowest BCUT2D eigenvalue weighted by Gasteiger charge is -2.03. The first kappa shape index (κ1) is 8.90. The number of imidazole rings is 1. The van der Waals surface area contributed by atoms with Crippen LogP contribution in [0.3, 0.4) is 0 Å². The van der Waals surface area contributed by atoms with Gasteiger partial charge in [-0.3, -0.25) is 9.20 Å². The molecular formula is C10H8N4O2. The second-order valence-electron chi connectivity index (χ2n) is 3.33. The molecule has 80 valence electrons. The zero-order chi connectivity index (χ0) is 11.1. The molecule has 0 fully saturated rings. The zero-order valence-corrected chi connectivity index (χ0v) is 8.47. The minimum atomic E-state index is -0.183. The van der Waals surface area contributed by atoms with E-state index in [0.717, 1.165) is 0 Å². The molecule has 3 heterocycles. The molecule has 16 heavy (non-hydrogen) atoms. The monoisotopic (exact) mass is 216 g/mol. The van der Waals surface area contributed by atoms with Crippen LogP contribution in [0.15, 0.2) is 29.5 Å². The average molecular weight is 216 g/mol. The molecule has 0 saturated heterocycles. The van der Waals surface area contributed by atoms with Gasteiger partial charge in [0.1, 0.15) is 11.8 Å². The predicted molar refractivity (Wildman–Crippen MR) is 57.7 cm³/mol. The highest BCUT2D eigenvalue weighted by atomic mass is 16.5. The highest BCUT2D eigenvalue weighted by Crippen LogP contribution is 2.14. The van der Waals surface area contributed by atoms with Gasteiger partial charge in [-0.15, -0.1) is 0 Å². The molecule has 1 N–H and O–H groups in total. The smallest absolute Gasteiger partial charge is 0.274 e. The summed E-state index contributed by atoms with van der Waals surface area (Å²) in [5.41, 5.74) is 1.55. The van der Waals surface area contributed by atoms with Gasteiger partial charge in [0.15, 0.2) is 5.65 Å². The van der Waals surface area contributed by atoms with E-state index in [1.165, 1.54) is 6.20 Å². The van der Waals surface area contributed by atoms with Crippen LogP contribution in [0.5, 0.6) is 5.88 Å². The topological polar surface area (TPSA) is 72.3 Å². The third kappa shape index (κ3) is 1.10. The van der Waals surface area contributed by atoms with Crippen molar-refractivity contribution in [3.8, 4) is 5.88 Å². The van der Waals surface area contributed by atoms with E-state index < -0.39 is 0 Å². The Kier molecular flexibility index (Phi) is 1.70. The van der Waals surface area contributed by atoms with Gasteiger partial charge in [-0.25, -0.2) is 4.98 Å². The molecule has 0 radical (unpaired) electrons. The normalized spacial score (nSPS) is 11.1. The van der Waals surface area contributed by atoms with E-state index in [1.807, 2.05) is 0 Å². The maximum Gasteiger partial charge on any atom is 0.274 e. The molecule has 0 bridgehead atoms. The van der Waals surface area contributed by atoms with E-state index in [9.17, 15) is 4.79 Å². The molecule has 0 unspecified atom stereocenters. The van der Waals surface area contributed by atoms with Crippen molar-refractivity contribution in [1.29, 1.82) is 0 Å². The second-order valence-corrected chi connectivity index (χ2v) is 3.33. The standard InChI is InChI=1S/C10H8N4O2/c1-16-8-3-2-6-9(13-8)14-5-11-4-7(14)10(15)12-6/h2-5H,1H3,(H,12,15). The molecule has 0 aliphatic rings. The van der Waals surface area contributed by atoms with Crippen molar-refractivity contribution in [3.05, 3.63) is 35.0 Å². The Morgan fingerprint density at radius 3 is 3.12 bits per heavy atom. The van der Waals surface area contributed by atoms with Gasteiger partial charge >= 0.3 is 0 Å². The summed E-state index contributed by atoms with van der Waals surface area (Å²) in [5.74, 6) is 0.495. The predicted octanol–water partition coefficient (Wildman–Crippen LogP) is 0.579. The van der Waals surface area contributed by atoms with Crippen molar-refractivity contribution < 1.29 is 4.74 Å². The maximum absolute atomic E-state index is 11.6. The zero-order valence-electron chi connectivity index (χ0n) is 8.47. The quantitative estimate of drug-likeness (QED) is 0.645. The van der Waals surface area contributed by atoms with Crippen molar-refractivity contribution in [2.75, 3.05) is 7.11 Å². The molecule has 0 aliphatic carbocycles. The Labute approximate surface area is 89.5 Å². The molecular weight excluding hydrogens is 208 g/mol. The number of hydrogen-bond donors (Lipinski definition) is 1. The summed E-state index contributed by atoms with van der Waals surface area (Å²) >= 11 is 0. The number of H-pyrrole nitrogens is 1. The fourth-order valence-electron chi connectivity index (χ4n) is 1.64. The molecule has 6 heteroatoms. The van der Waals surface area contributed by atoms with E-state index >= 15 is 0 Å². The van der Waals surface area contributed by atoms with Crippen LogP contribution in [-0.4, -0.2) is 26.5 Å². The number of aromatic nitrogens is 4. The van der Waals surface area contributed by atoms with Gasteiger partial charge < -0.3 is 9.72 Å². The third-order valence-corrected chi connectivity index (χ3v) is 2.41. The largest absolute Gasteiger partial charge is 0.481 e. The summed E-state index contributed by atoms with van der Waals surface area (Å²) < 4.78 is 6.68. The minimum Gasteiger partial charge on any atom is -0.481 e. The van der Waals surface area contributed by atoms with Crippen LogP contribution in [0, 0.1) is 0 Å². The number of ether oxygens (including phenoxy) is 1. The van der Waals surface area contributed by atoms with Crippen LogP contribution in [0.25, 0.3) is 16.7 Å². The lowest BCUT2D eigenvalue weighted by molar-refractivity contribution is 0.399. The molecule has 0 aromatic carbocycles. The van der Waals surface area contributed by atoms with E-state index in [1.54, 1.807) is 30.0 Å². The number of rotatable bonds is 1. The number of nitrogens with one attached hydrogen (secondary N) is 1. The van der Waals surface area contributed by atoms with Crippen molar-refractivity contribution in [2.24, 2.45) is 0 Å². The van der Waals surface area contributed by atoms with Crippen LogP contribution in [0.2, 0.25) is 0 Å². The van der Waals surface area contributed by atoms with Crippen molar-refractivity contribution in [3.63, 3.8) is 0 Å². The fourth-order valence-corrected chi connectivity index (χ4v) is 1.64. The number of nitrogens with zero attached hydrogens (tertiary/aromatic N) is 3. The van der Waals surface area contributed by atoms with E-state index in [0.29, 0.717) is 22.6 Å². The summed E-state index contributed by atoms with van der Waals surface area (Å²) in [4.78, 5) is 22.6. The van der Waals surface area contributed by atoms with Gasteiger partial charge in [0, 0.05) is 6.07 Å². The average Bonchev–Trinajstić information content (AvgIpc) is 2.78. The Morgan fingerprint density at radius 2 is 2.31 bits per heavy atom. The molecule has 0 saturated carbocycles. The molecule has 3 aromatic rings. The Morgan fingerprint density at radius 1 is 1.44 bits per heavy atom. The van der Waals surface area contributed by atoms with Crippen LogP contribution in [0.4, 0.5) is 0 Å². The van der Waals surface area contributed by atoms with Crippen LogP contribution in [0.1, 0.15) is 0 Å². The highest BCUT2D eigenvalue weighted by Gasteiger charge is 2.06. The molecule has 3 aromatic heterocycles. The van der Waals surface area contributed by atoms with Gasteiger partial charge in [0.25, 0.3) is 5.56 Å². The number of fused-ring (bicyclic) bond motifs is 3. The first-order chi connectivity index (χ1) is 7.79. The summed E-state index contributed by atoms with van der Waals surface area (Å²) in [6, 6.07) is 3.45. The van der Waals surface area contributed by atoms with E-state index in [-0.39, 0.29) is 5.56 Å². The summed E-state index contributed by atoms with van der Waals surface area (Å²) in [5, 5.41) is 0. The Hall–Kier alpha value is -2.37. The Bertz CT molecular complexity index is 728. The first-order valence-electron chi connectivity index (χ1n) is 4.68. The molecule has 0 atom stereocenters. The molecule has 0 amide bonds. The number of methoxy groups -OCH3 is 1. The molecule has 0 spiro atoms. The minimum absolute atomic E-state index is 0.183. The van der Waals surface area contributed by atoms with Gasteiger partial charge in [-0.2, -0.15) is 4.98 Å². The summed E-state index contributed by atoms with van der Waals surface area (Å²) in [6.45, 7) is 0. The second kappa shape index (κ2) is 3.06. The maximum atomic E-state index is 11.6. The number of hydrogen-bond acceptors (Lipinski definition) is 4. The lowest BCUT2D eigenvalue weighted by Crippen LogP contribution is -2.10. The van der Waals surface area contributed by atoms with Gasteiger partial charge in [0.2, 0.25) is 5.88 Å². The van der Waals surface area contributed by atoms with Gasteiger partial charge in [0.05, 0.1) is 18.8 Å².